The van der Waals surface area contributed by atoms with Gasteiger partial charge in [-0.15, -0.1) is 11.3 Å². The van der Waals surface area contributed by atoms with Crippen molar-refractivity contribution in [1.82, 2.24) is 10.3 Å². The zero-order valence-corrected chi connectivity index (χ0v) is 12.2. The number of halogens is 2. The van der Waals surface area contributed by atoms with Crippen LogP contribution in [0.3, 0.4) is 0 Å². The lowest BCUT2D eigenvalue weighted by Gasteiger charge is -2.09. The van der Waals surface area contributed by atoms with E-state index in [1.807, 2.05) is 12.3 Å². The third-order valence-electron chi connectivity index (χ3n) is 2.71. The minimum absolute atomic E-state index is 0.0652. The van der Waals surface area contributed by atoms with Gasteiger partial charge in [0.2, 0.25) is 0 Å². The van der Waals surface area contributed by atoms with E-state index in [4.69, 9.17) is 4.74 Å². The molecular formula is C14H16F2N2OS. The van der Waals surface area contributed by atoms with Gasteiger partial charge < -0.3 is 10.1 Å². The lowest BCUT2D eigenvalue weighted by molar-refractivity contribution is 0.270. The quantitative estimate of drug-likeness (QED) is 0.888. The number of ether oxygens (including phenoxy) is 1. The molecule has 0 radical (unpaired) electrons. The highest BCUT2D eigenvalue weighted by molar-refractivity contribution is 7.09. The van der Waals surface area contributed by atoms with Crippen molar-refractivity contribution in [2.24, 2.45) is 0 Å². The Bertz CT molecular complexity index is 563. The van der Waals surface area contributed by atoms with Gasteiger partial charge in [-0.1, -0.05) is 6.92 Å². The van der Waals surface area contributed by atoms with Crippen LogP contribution >= 0.6 is 11.3 Å². The van der Waals surface area contributed by atoms with Crippen LogP contribution in [0, 0.1) is 11.6 Å². The number of aromatic nitrogens is 1. The Labute approximate surface area is 120 Å². The molecule has 6 heteroatoms. The van der Waals surface area contributed by atoms with Crippen LogP contribution in [-0.4, -0.2) is 12.0 Å². The molecule has 2 rings (SSSR count). The van der Waals surface area contributed by atoms with Crippen molar-refractivity contribution >= 4 is 11.3 Å². The molecule has 2 aromatic rings. The maximum absolute atomic E-state index is 13.8. The molecular weight excluding hydrogens is 282 g/mol. The number of benzene rings is 1. The molecule has 0 spiro atoms. The zero-order valence-electron chi connectivity index (χ0n) is 11.4. The second-order valence-electron chi connectivity index (χ2n) is 4.29. The monoisotopic (exact) mass is 298 g/mol. The lowest BCUT2D eigenvalue weighted by atomic mass is 10.2. The molecule has 0 bridgehead atoms. The molecule has 20 heavy (non-hydrogen) atoms. The van der Waals surface area contributed by atoms with Gasteiger partial charge in [0.1, 0.15) is 6.61 Å². The van der Waals surface area contributed by atoms with E-state index in [0.717, 1.165) is 11.4 Å². The predicted octanol–water partition coefficient (Wildman–Crippen LogP) is 3.28. The first kappa shape index (κ1) is 14.9. The van der Waals surface area contributed by atoms with Crippen molar-refractivity contribution in [2.75, 3.05) is 7.05 Å². The molecule has 3 nitrogen and oxygen atoms in total. The Morgan fingerprint density at radius 1 is 1.30 bits per heavy atom. The minimum atomic E-state index is -0.693. The topological polar surface area (TPSA) is 34.1 Å². The first-order valence-corrected chi connectivity index (χ1v) is 7.20. The number of aryl methyl sites for hydroxylation is 1. The van der Waals surface area contributed by atoms with Gasteiger partial charge >= 0.3 is 0 Å². The van der Waals surface area contributed by atoms with Crippen LogP contribution in [0.5, 0.6) is 5.75 Å². The highest BCUT2D eigenvalue weighted by Crippen LogP contribution is 2.24. The van der Waals surface area contributed by atoms with E-state index in [1.54, 1.807) is 7.05 Å². The van der Waals surface area contributed by atoms with Crippen molar-refractivity contribution in [2.45, 2.75) is 26.5 Å². The molecule has 0 atom stereocenters. The molecule has 0 aliphatic carbocycles. The fourth-order valence-electron chi connectivity index (χ4n) is 1.78. The van der Waals surface area contributed by atoms with Gasteiger partial charge in [-0.2, -0.15) is 0 Å². The maximum atomic E-state index is 13.8. The Hall–Kier alpha value is -1.53. The number of rotatable bonds is 6. The molecule has 0 aliphatic rings. The molecule has 0 amide bonds. The first-order chi connectivity index (χ1) is 9.63. The van der Waals surface area contributed by atoms with E-state index in [2.05, 4.69) is 10.3 Å². The lowest BCUT2D eigenvalue weighted by Crippen LogP contribution is -2.07. The third-order valence-corrected chi connectivity index (χ3v) is 3.75. The van der Waals surface area contributed by atoms with Gasteiger partial charge in [-0.25, -0.2) is 13.8 Å². The van der Waals surface area contributed by atoms with Crippen LogP contribution in [0.1, 0.15) is 23.2 Å². The highest BCUT2D eigenvalue weighted by Gasteiger charge is 2.13. The molecule has 0 saturated carbocycles. The summed E-state index contributed by atoms with van der Waals surface area (Å²) in [4.78, 5) is 4.29. The van der Waals surface area contributed by atoms with Crippen molar-refractivity contribution in [3.8, 4) is 5.75 Å². The molecule has 0 aliphatic heterocycles. The fourth-order valence-corrected chi connectivity index (χ4v) is 2.51. The number of nitrogens with zero attached hydrogens (tertiary/aromatic N) is 1. The van der Waals surface area contributed by atoms with E-state index in [0.29, 0.717) is 17.8 Å². The van der Waals surface area contributed by atoms with E-state index in [-0.39, 0.29) is 12.4 Å². The van der Waals surface area contributed by atoms with Crippen LogP contribution in [0.2, 0.25) is 0 Å². The van der Waals surface area contributed by atoms with Crippen LogP contribution < -0.4 is 10.1 Å². The van der Waals surface area contributed by atoms with Gasteiger partial charge in [-0.05, 0) is 31.2 Å². The smallest absolute Gasteiger partial charge is 0.191 e. The normalized spacial score (nSPS) is 10.8. The summed E-state index contributed by atoms with van der Waals surface area (Å²) < 4.78 is 32.8. The Kier molecular flexibility index (Phi) is 5.03. The first-order valence-electron chi connectivity index (χ1n) is 6.32. The van der Waals surface area contributed by atoms with Crippen molar-refractivity contribution in [1.29, 1.82) is 0 Å². The van der Waals surface area contributed by atoms with E-state index < -0.39 is 11.6 Å². The second-order valence-corrected chi connectivity index (χ2v) is 5.24. The fraction of sp³-hybridized carbons (Fsp3) is 0.357. The van der Waals surface area contributed by atoms with Gasteiger partial charge in [0, 0.05) is 11.9 Å². The summed E-state index contributed by atoms with van der Waals surface area (Å²) in [6.07, 6.45) is 0.839. The van der Waals surface area contributed by atoms with Crippen LogP contribution in [0.4, 0.5) is 8.78 Å². The summed E-state index contributed by atoms with van der Waals surface area (Å²) in [5.74, 6) is -1.74. The van der Waals surface area contributed by atoms with E-state index in [1.165, 1.54) is 23.5 Å². The molecule has 0 saturated heterocycles. The number of thiazole rings is 1. The predicted molar refractivity (Wildman–Crippen MR) is 74.9 cm³/mol. The number of nitrogens with one attached hydrogen (secondary N) is 1. The second kappa shape index (κ2) is 6.76. The van der Waals surface area contributed by atoms with Crippen LogP contribution in [0.15, 0.2) is 17.5 Å². The standard InChI is InChI=1S/C14H16F2N2OS/c1-3-13-18-10(8-20-13)7-19-14-11(15)4-9(6-17-2)5-12(14)16/h4-5,8,17H,3,6-7H2,1-2H3. The molecule has 1 aromatic carbocycles. The van der Waals surface area contributed by atoms with Crippen LogP contribution in [0.25, 0.3) is 0 Å². The highest BCUT2D eigenvalue weighted by atomic mass is 32.1. The summed E-state index contributed by atoms with van der Waals surface area (Å²) in [5, 5.41) is 5.66. The number of hydrogen-bond donors (Lipinski definition) is 1. The summed E-state index contributed by atoms with van der Waals surface area (Å²) in [6.45, 7) is 2.47. The van der Waals surface area contributed by atoms with Crippen LogP contribution in [-0.2, 0) is 19.6 Å². The largest absolute Gasteiger partial charge is 0.481 e. The Morgan fingerprint density at radius 3 is 2.55 bits per heavy atom. The summed E-state index contributed by atoms with van der Waals surface area (Å²) in [7, 11) is 1.72. The van der Waals surface area contributed by atoms with Crippen molar-refractivity contribution < 1.29 is 13.5 Å². The average molecular weight is 298 g/mol. The summed E-state index contributed by atoms with van der Waals surface area (Å²) >= 11 is 1.52. The molecule has 1 aromatic heterocycles. The molecule has 0 unspecified atom stereocenters. The minimum Gasteiger partial charge on any atom is -0.481 e. The van der Waals surface area contributed by atoms with E-state index in [9.17, 15) is 8.78 Å². The van der Waals surface area contributed by atoms with Gasteiger partial charge in [0.15, 0.2) is 17.4 Å². The van der Waals surface area contributed by atoms with Gasteiger partial charge in [0.05, 0.1) is 10.7 Å². The molecule has 1 N–H and O–H groups in total. The number of hydrogen-bond acceptors (Lipinski definition) is 4. The van der Waals surface area contributed by atoms with Gasteiger partial charge in [0.25, 0.3) is 0 Å². The third kappa shape index (κ3) is 3.52. The van der Waals surface area contributed by atoms with Gasteiger partial charge in [-0.3, -0.25) is 0 Å². The van der Waals surface area contributed by atoms with E-state index >= 15 is 0 Å². The zero-order chi connectivity index (χ0) is 14.5. The maximum Gasteiger partial charge on any atom is 0.191 e. The molecule has 0 fully saturated rings. The Balaban J connectivity index is 2.09. The van der Waals surface area contributed by atoms with Crippen molar-refractivity contribution in [3.05, 3.63) is 45.4 Å². The summed E-state index contributed by atoms with van der Waals surface area (Å²) in [5.41, 5.74) is 1.22. The molecule has 1 heterocycles. The van der Waals surface area contributed by atoms with Crippen molar-refractivity contribution in [3.63, 3.8) is 0 Å². The average Bonchev–Trinajstić information content (AvgIpc) is 2.86. The molecule has 108 valence electrons. The Morgan fingerprint density at radius 2 is 2.00 bits per heavy atom. The SMILES string of the molecule is CCc1nc(COc2c(F)cc(CNC)cc2F)cs1. The summed E-state index contributed by atoms with van der Waals surface area (Å²) in [6, 6.07) is 2.54.